The van der Waals surface area contributed by atoms with Crippen molar-refractivity contribution in [3.05, 3.63) is 53.3 Å². The molecule has 1 atom stereocenters. The summed E-state index contributed by atoms with van der Waals surface area (Å²) in [4.78, 5) is 31.2. The molecule has 2 aromatic rings. The molecule has 0 spiro atoms. The average Bonchev–Trinajstić information content (AvgIpc) is 3.25. The number of hydrogen-bond donors (Lipinski definition) is 1. The molecule has 182 valence electrons. The van der Waals surface area contributed by atoms with Gasteiger partial charge >= 0.3 is 0 Å². The number of benzene rings is 2. The average molecular weight is 489 g/mol. The molecule has 0 aliphatic carbocycles. The summed E-state index contributed by atoms with van der Waals surface area (Å²) >= 11 is 5.83. The number of halogens is 2. The van der Waals surface area contributed by atoms with E-state index in [2.05, 4.69) is 27.2 Å². The fraction of sp³-hybridized carbons (Fsp3) is 0.440. The lowest BCUT2D eigenvalue weighted by atomic mass is 10.1. The third-order valence-electron chi connectivity index (χ3n) is 6.47. The lowest BCUT2D eigenvalue weighted by Crippen LogP contribution is -2.47. The topological polar surface area (TPSA) is 65.1 Å². The number of carbonyl (C=O) groups excluding carboxylic acids is 2. The molecule has 2 heterocycles. The van der Waals surface area contributed by atoms with Crippen molar-refractivity contribution >= 4 is 34.8 Å². The molecule has 0 bridgehead atoms. The van der Waals surface area contributed by atoms with Crippen LogP contribution in [-0.4, -0.2) is 69.6 Å². The molecule has 2 aliphatic rings. The minimum Gasteiger partial charge on any atom is -0.497 e. The molecule has 2 fully saturated rings. The van der Waals surface area contributed by atoms with Gasteiger partial charge in [-0.2, -0.15) is 0 Å². The number of ether oxygens (including phenoxy) is 1. The smallest absolute Gasteiger partial charge is 0.227 e. The van der Waals surface area contributed by atoms with Crippen molar-refractivity contribution in [2.45, 2.75) is 12.8 Å². The Labute approximate surface area is 204 Å². The maximum absolute atomic E-state index is 13.4. The largest absolute Gasteiger partial charge is 0.497 e. The van der Waals surface area contributed by atoms with E-state index < -0.39 is 11.7 Å². The van der Waals surface area contributed by atoms with E-state index in [-0.39, 0.29) is 29.8 Å². The molecule has 1 unspecified atom stereocenters. The van der Waals surface area contributed by atoms with Crippen LogP contribution in [0, 0.1) is 11.7 Å². The number of hydrogen-bond acceptors (Lipinski definition) is 5. The molecule has 2 amide bonds. The van der Waals surface area contributed by atoms with Crippen molar-refractivity contribution in [2.24, 2.45) is 5.92 Å². The number of amides is 2. The first-order valence-electron chi connectivity index (χ1n) is 11.6. The van der Waals surface area contributed by atoms with E-state index in [4.69, 9.17) is 16.3 Å². The van der Waals surface area contributed by atoms with Gasteiger partial charge in [-0.25, -0.2) is 4.39 Å². The van der Waals surface area contributed by atoms with E-state index in [0.29, 0.717) is 12.2 Å². The normalized spacial score (nSPS) is 18.9. The van der Waals surface area contributed by atoms with Crippen LogP contribution in [0.5, 0.6) is 5.75 Å². The molecule has 34 heavy (non-hydrogen) atoms. The fourth-order valence-electron chi connectivity index (χ4n) is 4.47. The second kappa shape index (κ2) is 11.1. The van der Waals surface area contributed by atoms with Gasteiger partial charge < -0.3 is 19.9 Å². The van der Waals surface area contributed by atoms with Gasteiger partial charge in [0.2, 0.25) is 11.8 Å². The monoisotopic (exact) mass is 488 g/mol. The Kier molecular flexibility index (Phi) is 7.90. The highest BCUT2D eigenvalue weighted by Gasteiger charge is 2.35. The van der Waals surface area contributed by atoms with Crippen molar-refractivity contribution in [2.75, 3.05) is 62.7 Å². The Morgan fingerprint density at radius 3 is 2.50 bits per heavy atom. The molecule has 0 saturated carbocycles. The zero-order chi connectivity index (χ0) is 24.1. The Hall–Kier alpha value is -2.84. The van der Waals surface area contributed by atoms with E-state index in [9.17, 15) is 14.0 Å². The van der Waals surface area contributed by atoms with E-state index >= 15 is 0 Å². The Balaban J connectivity index is 1.16. The van der Waals surface area contributed by atoms with Crippen LogP contribution in [0.1, 0.15) is 12.8 Å². The summed E-state index contributed by atoms with van der Waals surface area (Å²) in [5.74, 6) is -0.359. The van der Waals surface area contributed by atoms with E-state index in [1.54, 1.807) is 7.11 Å². The standard InChI is InChI=1S/C25H30ClFN4O3/c1-34-21-6-3-19(4-7-21)30-13-11-29(12-14-30)10-2-9-28-25(33)18-15-24(32)31(17-18)20-5-8-23(27)22(26)16-20/h3-8,16,18H,2,9-15,17H2,1H3,(H,28,33). The Morgan fingerprint density at radius 2 is 1.82 bits per heavy atom. The van der Waals surface area contributed by atoms with Crippen molar-refractivity contribution in [1.29, 1.82) is 0 Å². The molecular formula is C25H30ClFN4O3. The van der Waals surface area contributed by atoms with E-state index in [1.165, 1.54) is 28.8 Å². The molecule has 9 heteroatoms. The molecule has 0 aromatic heterocycles. The number of nitrogens with zero attached hydrogens (tertiary/aromatic N) is 3. The van der Waals surface area contributed by atoms with Crippen LogP contribution in [0.25, 0.3) is 0 Å². The highest BCUT2D eigenvalue weighted by Crippen LogP contribution is 2.28. The summed E-state index contributed by atoms with van der Waals surface area (Å²) < 4.78 is 18.6. The van der Waals surface area contributed by atoms with Gasteiger partial charge in [-0.1, -0.05) is 11.6 Å². The highest BCUT2D eigenvalue weighted by molar-refractivity contribution is 6.31. The van der Waals surface area contributed by atoms with Gasteiger partial charge in [-0.05, 0) is 55.4 Å². The second-order valence-electron chi connectivity index (χ2n) is 8.68. The minimum atomic E-state index is -0.534. The summed E-state index contributed by atoms with van der Waals surface area (Å²) in [7, 11) is 1.67. The van der Waals surface area contributed by atoms with Crippen LogP contribution in [0.4, 0.5) is 15.8 Å². The van der Waals surface area contributed by atoms with E-state index in [0.717, 1.165) is 44.9 Å². The summed E-state index contributed by atoms with van der Waals surface area (Å²) in [5, 5.41) is 2.93. The van der Waals surface area contributed by atoms with Gasteiger partial charge in [0.15, 0.2) is 0 Å². The summed E-state index contributed by atoms with van der Waals surface area (Å²) in [6.45, 7) is 5.65. The molecule has 7 nitrogen and oxygen atoms in total. The molecule has 2 aromatic carbocycles. The molecule has 0 radical (unpaired) electrons. The Bertz CT molecular complexity index is 1010. The first-order valence-corrected chi connectivity index (χ1v) is 12.0. The number of carbonyl (C=O) groups is 2. The molecular weight excluding hydrogens is 459 g/mol. The number of nitrogens with one attached hydrogen (secondary N) is 1. The highest BCUT2D eigenvalue weighted by atomic mass is 35.5. The van der Waals surface area contributed by atoms with Crippen LogP contribution in [0.2, 0.25) is 5.02 Å². The number of piperazine rings is 1. The lowest BCUT2D eigenvalue weighted by molar-refractivity contribution is -0.126. The van der Waals surface area contributed by atoms with Crippen LogP contribution in [0.3, 0.4) is 0 Å². The van der Waals surface area contributed by atoms with Crippen molar-refractivity contribution in [3.8, 4) is 5.75 Å². The van der Waals surface area contributed by atoms with Crippen LogP contribution >= 0.6 is 11.6 Å². The van der Waals surface area contributed by atoms with Gasteiger partial charge in [0, 0.05) is 57.1 Å². The maximum Gasteiger partial charge on any atom is 0.227 e. The lowest BCUT2D eigenvalue weighted by Gasteiger charge is -2.36. The number of anilines is 2. The molecule has 1 N–H and O–H groups in total. The summed E-state index contributed by atoms with van der Waals surface area (Å²) in [6, 6.07) is 12.3. The zero-order valence-electron chi connectivity index (χ0n) is 19.3. The predicted molar refractivity (Wildman–Crippen MR) is 131 cm³/mol. The quantitative estimate of drug-likeness (QED) is 0.578. The van der Waals surface area contributed by atoms with Gasteiger partial charge in [-0.3, -0.25) is 14.5 Å². The molecule has 4 rings (SSSR count). The number of rotatable bonds is 8. The predicted octanol–water partition coefficient (Wildman–Crippen LogP) is 3.17. The van der Waals surface area contributed by atoms with Crippen LogP contribution in [0.15, 0.2) is 42.5 Å². The van der Waals surface area contributed by atoms with Crippen molar-refractivity contribution in [1.82, 2.24) is 10.2 Å². The first-order chi connectivity index (χ1) is 16.4. The third kappa shape index (κ3) is 5.80. The zero-order valence-corrected chi connectivity index (χ0v) is 20.1. The van der Waals surface area contributed by atoms with Crippen LogP contribution in [-0.2, 0) is 9.59 Å². The van der Waals surface area contributed by atoms with Crippen molar-refractivity contribution in [3.63, 3.8) is 0 Å². The van der Waals surface area contributed by atoms with E-state index in [1.807, 2.05) is 12.1 Å². The van der Waals surface area contributed by atoms with Gasteiger partial charge in [0.25, 0.3) is 0 Å². The second-order valence-corrected chi connectivity index (χ2v) is 9.08. The SMILES string of the molecule is COc1ccc(N2CCN(CCCNC(=O)C3CC(=O)N(c4ccc(F)c(Cl)c4)C3)CC2)cc1. The molecule has 2 saturated heterocycles. The molecule has 2 aliphatic heterocycles. The van der Waals surface area contributed by atoms with Gasteiger partial charge in [0.1, 0.15) is 11.6 Å². The maximum atomic E-state index is 13.4. The summed E-state index contributed by atoms with van der Waals surface area (Å²) in [6.07, 6.45) is 1.00. The third-order valence-corrected chi connectivity index (χ3v) is 6.76. The fourth-order valence-corrected chi connectivity index (χ4v) is 4.64. The van der Waals surface area contributed by atoms with Crippen LogP contribution < -0.4 is 19.9 Å². The van der Waals surface area contributed by atoms with Crippen molar-refractivity contribution < 1.29 is 18.7 Å². The van der Waals surface area contributed by atoms with Gasteiger partial charge in [0.05, 0.1) is 18.1 Å². The minimum absolute atomic E-state index is 0.0389. The summed E-state index contributed by atoms with van der Waals surface area (Å²) in [5.41, 5.74) is 1.72. The Morgan fingerprint density at radius 1 is 1.12 bits per heavy atom. The van der Waals surface area contributed by atoms with Gasteiger partial charge in [-0.15, -0.1) is 0 Å². The number of methoxy groups -OCH3 is 1. The first kappa shape index (κ1) is 24.3.